The molecule has 0 aromatic heterocycles. The van der Waals surface area contributed by atoms with Gasteiger partial charge in [-0.1, -0.05) is 46.2 Å². The maximum absolute atomic E-state index is 12.0. The van der Waals surface area contributed by atoms with Gasteiger partial charge in [0.2, 0.25) is 0 Å². The number of anilines is 1. The third-order valence-corrected chi connectivity index (χ3v) is 3.99. The molecule has 1 N–H and O–H groups in total. The molecule has 4 heteroatoms. The van der Waals surface area contributed by atoms with Crippen molar-refractivity contribution in [3.63, 3.8) is 0 Å². The predicted molar refractivity (Wildman–Crippen MR) is 106 cm³/mol. The SMILES string of the molecule is CCCCOc1ccc(NC(=O)COc2ccc(C(C)(C)C)cc2)cc1. The van der Waals surface area contributed by atoms with Crippen LogP contribution in [-0.2, 0) is 10.2 Å². The first-order valence-electron chi connectivity index (χ1n) is 9.14. The third-order valence-electron chi connectivity index (χ3n) is 3.99. The van der Waals surface area contributed by atoms with Crippen molar-refractivity contribution in [3.05, 3.63) is 54.1 Å². The zero-order valence-electron chi connectivity index (χ0n) is 16.2. The van der Waals surface area contributed by atoms with Crippen LogP contribution in [0.3, 0.4) is 0 Å². The second-order valence-corrected chi connectivity index (χ2v) is 7.34. The second kappa shape index (κ2) is 9.27. The van der Waals surface area contributed by atoms with Crippen LogP contribution >= 0.6 is 0 Å². The number of carbonyl (C=O) groups is 1. The summed E-state index contributed by atoms with van der Waals surface area (Å²) >= 11 is 0. The maximum atomic E-state index is 12.0. The summed E-state index contributed by atoms with van der Waals surface area (Å²) in [5.74, 6) is 1.31. The number of hydrogen-bond acceptors (Lipinski definition) is 3. The van der Waals surface area contributed by atoms with E-state index >= 15 is 0 Å². The van der Waals surface area contributed by atoms with Gasteiger partial charge in [-0.25, -0.2) is 0 Å². The molecule has 4 nitrogen and oxygen atoms in total. The number of benzene rings is 2. The molecule has 0 fully saturated rings. The maximum Gasteiger partial charge on any atom is 0.262 e. The van der Waals surface area contributed by atoms with E-state index in [9.17, 15) is 4.79 Å². The Labute approximate surface area is 156 Å². The molecule has 2 aromatic rings. The lowest BCUT2D eigenvalue weighted by molar-refractivity contribution is -0.118. The number of carbonyl (C=O) groups excluding carboxylic acids is 1. The average molecular weight is 355 g/mol. The number of nitrogens with one attached hydrogen (secondary N) is 1. The van der Waals surface area contributed by atoms with E-state index in [0.717, 1.165) is 24.3 Å². The molecule has 0 atom stereocenters. The summed E-state index contributed by atoms with van der Waals surface area (Å²) in [7, 11) is 0. The van der Waals surface area contributed by atoms with Gasteiger partial charge in [-0.2, -0.15) is 0 Å². The Morgan fingerprint density at radius 1 is 0.923 bits per heavy atom. The molecule has 0 spiro atoms. The molecule has 2 rings (SSSR count). The van der Waals surface area contributed by atoms with Gasteiger partial charge < -0.3 is 14.8 Å². The van der Waals surface area contributed by atoms with E-state index in [4.69, 9.17) is 9.47 Å². The zero-order valence-corrected chi connectivity index (χ0v) is 16.2. The summed E-state index contributed by atoms with van der Waals surface area (Å²) in [4.78, 5) is 12.0. The lowest BCUT2D eigenvalue weighted by atomic mass is 9.87. The monoisotopic (exact) mass is 355 g/mol. The predicted octanol–water partition coefficient (Wildman–Crippen LogP) is 5.18. The van der Waals surface area contributed by atoms with E-state index in [1.165, 1.54) is 5.56 Å². The third kappa shape index (κ3) is 6.43. The van der Waals surface area contributed by atoms with Crippen LogP contribution < -0.4 is 14.8 Å². The summed E-state index contributed by atoms with van der Waals surface area (Å²) in [6.07, 6.45) is 2.14. The molecule has 0 aliphatic rings. The number of hydrogen-bond donors (Lipinski definition) is 1. The molecule has 0 aliphatic carbocycles. The molecule has 0 bridgehead atoms. The van der Waals surface area contributed by atoms with Gasteiger partial charge in [0.25, 0.3) is 5.91 Å². The van der Waals surface area contributed by atoms with Gasteiger partial charge in [0, 0.05) is 5.69 Å². The average Bonchev–Trinajstić information content (AvgIpc) is 2.61. The van der Waals surface area contributed by atoms with Crippen LogP contribution in [0.15, 0.2) is 48.5 Å². The Bertz CT molecular complexity index is 685. The van der Waals surface area contributed by atoms with E-state index in [-0.39, 0.29) is 17.9 Å². The van der Waals surface area contributed by atoms with Crippen LogP contribution in [0.2, 0.25) is 0 Å². The Kier molecular flexibility index (Phi) is 7.07. The van der Waals surface area contributed by atoms with Crippen molar-refractivity contribution in [3.8, 4) is 11.5 Å². The first-order chi connectivity index (χ1) is 12.4. The van der Waals surface area contributed by atoms with Crippen molar-refractivity contribution in [2.45, 2.75) is 46.0 Å². The molecule has 2 aromatic carbocycles. The fourth-order valence-corrected chi connectivity index (χ4v) is 2.37. The highest BCUT2D eigenvalue weighted by atomic mass is 16.5. The number of ether oxygens (including phenoxy) is 2. The molecule has 1 amide bonds. The van der Waals surface area contributed by atoms with Gasteiger partial charge in [-0.05, 0) is 53.8 Å². The van der Waals surface area contributed by atoms with E-state index in [1.54, 1.807) is 0 Å². The summed E-state index contributed by atoms with van der Waals surface area (Å²) in [6.45, 7) is 9.31. The lowest BCUT2D eigenvalue weighted by Gasteiger charge is -2.19. The molecular formula is C22H29NO3. The van der Waals surface area contributed by atoms with Crippen molar-refractivity contribution in [2.75, 3.05) is 18.5 Å². The Morgan fingerprint density at radius 2 is 1.50 bits per heavy atom. The quantitative estimate of drug-likeness (QED) is 0.664. The van der Waals surface area contributed by atoms with Crippen LogP contribution in [0.4, 0.5) is 5.69 Å². The van der Waals surface area contributed by atoms with E-state index in [1.807, 2.05) is 48.5 Å². The smallest absolute Gasteiger partial charge is 0.262 e. The van der Waals surface area contributed by atoms with Crippen LogP contribution in [0.25, 0.3) is 0 Å². The Hall–Kier alpha value is -2.49. The summed E-state index contributed by atoms with van der Waals surface area (Å²) in [5, 5.41) is 2.82. The highest BCUT2D eigenvalue weighted by molar-refractivity contribution is 5.91. The van der Waals surface area contributed by atoms with Crippen molar-refractivity contribution in [2.24, 2.45) is 0 Å². The largest absolute Gasteiger partial charge is 0.494 e. The van der Waals surface area contributed by atoms with Crippen molar-refractivity contribution in [1.82, 2.24) is 0 Å². The van der Waals surface area contributed by atoms with Gasteiger partial charge in [0.1, 0.15) is 11.5 Å². The van der Waals surface area contributed by atoms with Crippen LogP contribution in [0.5, 0.6) is 11.5 Å². The summed E-state index contributed by atoms with van der Waals surface area (Å²) in [5.41, 5.74) is 2.06. The first kappa shape index (κ1) is 19.8. The molecule has 0 aliphatic heterocycles. The molecule has 0 saturated heterocycles. The molecule has 26 heavy (non-hydrogen) atoms. The topological polar surface area (TPSA) is 47.6 Å². The molecule has 0 saturated carbocycles. The van der Waals surface area contributed by atoms with Crippen LogP contribution in [0, 0.1) is 0 Å². The summed E-state index contributed by atoms with van der Waals surface area (Å²) in [6, 6.07) is 15.2. The normalized spacial score (nSPS) is 11.1. The molecule has 0 radical (unpaired) electrons. The summed E-state index contributed by atoms with van der Waals surface area (Å²) < 4.78 is 11.2. The van der Waals surface area contributed by atoms with E-state index in [0.29, 0.717) is 12.4 Å². The van der Waals surface area contributed by atoms with Crippen molar-refractivity contribution < 1.29 is 14.3 Å². The van der Waals surface area contributed by atoms with Gasteiger partial charge in [-0.15, -0.1) is 0 Å². The Balaban J connectivity index is 1.79. The minimum Gasteiger partial charge on any atom is -0.494 e. The van der Waals surface area contributed by atoms with Crippen molar-refractivity contribution in [1.29, 1.82) is 0 Å². The molecule has 0 heterocycles. The van der Waals surface area contributed by atoms with E-state index < -0.39 is 0 Å². The van der Waals surface area contributed by atoms with Gasteiger partial charge in [-0.3, -0.25) is 4.79 Å². The lowest BCUT2D eigenvalue weighted by Crippen LogP contribution is -2.20. The standard InChI is InChI=1S/C22H29NO3/c1-5-6-15-25-19-13-9-18(10-14-19)23-21(24)16-26-20-11-7-17(8-12-20)22(2,3)4/h7-14H,5-6,15-16H2,1-4H3,(H,23,24). The number of amides is 1. The molecule has 0 unspecified atom stereocenters. The molecule has 140 valence electrons. The molecular weight excluding hydrogens is 326 g/mol. The minimum atomic E-state index is -0.190. The second-order valence-electron chi connectivity index (χ2n) is 7.34. The van der Waals surface area contributed by atoms with Crippen LogP contribution in [-0.4, -0.2) is 19.1 Å². The van der Waals surface area contributed by atoms with Gasteiger partial charge >= 0.3 is 0 Å². The number of rotatable bonds is 8. The highest BCUT2D eigenvalue weighted by Crippen LogP contribution is 2.24. The fraction of sp³-hybridized carbons (Fsp3) is 0.409. The number of unbranched alkanes of at least 4 members (excludes halogenated alkanes) is 1. The van der Waals surface area contributed by atoms with Crippen LogP contribution in [0.1, 0.15) is 46.1 Å². The zero-order chi connectivity index (χ0) is 19.0. The Morgan fingerprint density at radius 3 is 2.08 bits per heavy atom. The fourth-order valence-electron chi connectivity index (χ4n) is 2.37. The first-order valence-corrected chi connectivity index (χ1v) is 9.14. The highest BCUT2D eigenvalue weighted by Gasteiger charge is 2.13. The van der Waals surface area contributed by atoms with E-state index in [2.05, 4.69) is 33.0 Å². The van der Waals surface area contributed by atoms with Crippen molar-refractivity contribution >= 4 is 11.6 Å². The van der Waals surface area contributed by atoms with Gasteiger partial charge in [0.05, 0.1) is 6.61 Å². The minimum absolute atomic E-state index is 0.0242. The van der Waals surface area contributed by atoms with Gasteiger partial charge in [0.15, 0.2) is 6.61 Å².